The molecular weight excluding hydrogens is 344 g/mol. The van der Waals surface area contributed by atoms with Crippen LogP contribution in [0.25, 0.3) is 5.70 Å². The molecule has 0 spiro atoms. The van der Waals surface area contributed by atoms with E-state index in [1.807, 2.05) is 19.1 Å². The minimum absolute atomic E-state index is 0.331. The Morgan fingerprint density at radius 2 is 2.19 bits per heavy atom. The highest BCUT2D eigenvalue weighted by molar-refractivity contribution is 9.10. The summed E-state index contributed by atoms with van der Waals surface area (Å²) in [6.07, 6.45) is -0.272. The second-order valence-electron chi connectivity index (χ2n) is 4.81. The number of benzene rings is 1. The molecule has 3 nitrogen and oxygen atoms in total. The number of rotatable bonds is 4. The number of allylic oxidation sites excluding steroid dienone is 1. The number of carbonyl (C=O) groups is 1. The number of amides is 1. The first-order valence-corrected chi connectivity index (χ1v) is 7.44. The van der Waals surface area contributed by atoms with Crippen LogP contribution in [0.3, 0.4) is 0 Å². The van der Waals surface area contributed by atoms with E-state index >= 15 is 0 Å². The Labute approximate surface area is 130 Å². The molecule has 0 bridgehead atoms. The molecule has 1 amide bonds. The van der Waals surface area contributed by atoms with Crippen molar-refractivity contribution in [3.63, 3.8) is 0 Å². The molecule has 1 aliphatic rings. The largest absolute Gasteiger partial charge is 0.497 e. The Hall–Kier alpha value is -1.43. The number of aryl methyl sites for hydroxylation is 1. The van der Waals surface area contributed by atoms with Crippen LogP contribution in [0.15, 0.2) is 24.3 Å². The van der Waals surface area contributed by atoms with E-state index in [0.29, 0.717) is 17.9 Å². The third-order valence-corrected chi connectivity index (χ3v) is 4.14. The van der Waals surface area contributed by atoms with E-state index in [2.05, 4.69) is 15.9 Å². The first kappa shape index (κ1) is 15.9. The van der Waals surface area contributed by atoms with Gasteiger partial charge in [-0.05, 0) is 37.1 Å². The van der Waals surface area contributed by atoms with Crippen molar-refractivity contribution in [3.05, 3.63) is 35.4 Å². The molecule has 1 aromatic rings. The fourth-order valence-electron chi connectivity index (χ4n) is 2.35. The van der Waals surface area contributed by atoms with Crippen molar-refractivity contribution >= 4 is 27.5 Å². The lowest BCUT2D eigenvalue weighted by Gasteiger charge is -2.31. The molecule has 1 aromatic carbocycles. The van der Waals surface area contributed by atoms with Gasteiger partial charge in [-0.3, -0.25) is 4.79 Å². The Morgan fingerprint density at radius 3 is 2.76 bits per heavy atom. The van der Waals surface area contributed by atoms with Gasteiger partial charge in [0, 0.05) is 11.3 Å². The van der Waals surface area contributed by atoms with Crippen molar-refractivity contribution in [2.45, 2.75) is 24.6 Å². The second kappa shape index (κ2) is 6.56. The summed E-state index contributed by atoms with van der Waals surface area (Å²) in [4.78, 5) is 12.9. The molecule has 0 fully saturated rings. The summed E-state index contributed by atoms with van der Waals surface area (Å²) in [7, 11) is 1.57. The topological polar surface area (TPSA) is 29.5 Å². The molecule has 0 saturated carbocycles. The Morgan fingerprint density at radius 1 is 1.48 bits per heavy atom. The molecular formula is C15H16BrF2NO2. The standard InChI is InChI=1S/C15H16BrF2NO2/c1-9-7-10(21-2)3-4-11(9)13-6-5-12(16)15(20)19(13)8-14(17)18/h3-4,6-7,12,14H,5,8H2,1-2H3. The maximum absolute atomic E-state index is 12.8. The summed E-state index contributed by atoms with van der Waals surface area (Å²) in [6, 6.07) is 5.37. The highest BCUT2D eigenvalue weighted by Crippen LogP contribution is 2.32. The van der Waals surface area contributed by atoms with Crippen LogP contribution in [0.4, 0.5) is 8.78 Å². The number of halogens is 3. The summed E-state index contributed by atoms with van der Waals surface area (Å²) in [5.74, 6) is 0.362. The van der Waals surface area contributed by atoms with Crippen LogP contribution in [0.5, 0.6) is 5.75 Å². The van der Waals surface area contributed by atoms with Gasteiger partial charge in [0.1, 0.15) is 5.75 Å². The van der Waals surface area contributed by atoms with E-state index in [1.165, 1.54) is 0 Å². The summed E-state index contributed by atoms with van der Waals surface area (Å²) in [5.41, 5.74) is 2.18. The van der Waals surface area contributed by atoms with E-state index in [1.54, 1.807) is 19.2 Å². The van der Waals surface area contributed by atoms with Crippen molar-refractivity contribution in [1.82, 2.24) is 4.90 Å². The van der Waals surface area contributed by atoms with Gasteiger partial charge in [0.2, 0.25) is 5.91 Å². The molecule has 21 heavy (non-hydrogen) atoms. The first-order valence-electron chi connectivity index (χ1n) is 6.52. The molecule has 0 saturated heterocycles. The van der Waals surface area contributed by atoms with E-state index in [4.69, 9.17) is 4.74 Å². The van der Waals surface area contributed by atoms with Crippen molar-refractivity contribution < 1.29 is 18.3 Å². The van der Waals surface area contributed by atoms with E-state index < -0.39 is 17.8 Å². The lowest BCUT2D eigenvalue weighted by molar-refractivity contribution is -0.129. The molecule has 2 rings (SSSR count). The molecule has 6 heteroatoms. The molecule has 114 valence electrons. The summed E-state index contributed by atoms with van der Waals surface area (Å²) in [6.45, 7) is 1.27. The molecule has 0 N–H and O–H groups in total. The molecule has 1 aliphatic heterocycles. The minimum Gasteiger partial charge on any atom is -0.497 e. The summed E-state index contributed by atoms with van der Waals surface area (Å²) in [5, 5.41) is 0. The average molecular weight is 360 g/mol. The van der Waals surface area contributed by atoms with Gasteiger partial charge >= 0.3 is 0 Å². The van der Waals surface area contributed by atoms with E-state index in [-0.39, 0.29) is 5.91 Å². The normalized spacial score (nSPS) is 19.0. The third kappa shape index (κ3) is 3.43. The molecule has 1 unspecified atom stereocenters. The first-order chi connectivity index (χ1) is 9.93. The van der Waals surface area contributed by atoms with Gasteiger partial charge < -0.3 is 9.64 Å². The second-order valence-corrected chi connectivity index (χ2v) is 5.92. The zero-order valence-electron chi connectivity index (χ0n) is 11.8. The van der Waals surface area contributed by atoms with Gasteiger partial charge in [0.25, 0.3) is 6.43 Å². The average Bonchev–Trinajstić information content (AvgIpc) is 2.44. The highest BCUT2D eigenvalue weighted by atomic mass is 79.9. The van der Waals surface area contributed by atoms with Crippen LogP contribution in [-0.4, -0.2) is 35.7 Å². The lowest BCUT2D eigenvalue weighted by Crippen LogP contribution is -2.41. The fraction of sp³-hybridized carbons (Fsp3) is 0.400. The quantitative estimate of drug-likeness (QED) is 0.768. The Kier molecular flexibility index (Phi) is 4.98. The molecule has 0 aromatic heterocycles. The lowest BCUT2D eigenvalue weighted by atomic mass is 10.00. The third-order valence-electron chi connectivity index (χ3n) is 3.37. The van der Waals surface area contributed by atoms with Gasteiger partial charge in [-0.2, -0.15) is 0 Å². The zero-order chi connectivity index (χ0) is 15.6. The van der Waals surface area contributed by atoms with E-state index in [9.17, 15) is 13.6 Å². The summed E-state index contributed by atoms with van der Waals surface area (Å²) < 4.78 is 30.7. The number of alkyl halides is 3. The van der Waals surface area contributed by atoms with Gasteiger partial charge in [0.05, 0.1) is 18.5 Å². The van der Waals surface area contributed by atoms with Crippen LogP contribution in [0.2, 0.25) is 0 Å². The number of methoxy groups -OCH3 is 1. The SMILES string of the molecule is COc1ccc(C2=CCC(Br)C(=O)N2CC(F)F)c(C)c1. The van der Waals surface area contributed by atoms with Gasteiger partial charge in [0.15, 0.2) is 0 Å². The minimum atomic E-state index is -2.58. The maximum atomic E-state index is 12.8. The monoisotopic (exact) mass is 359 g/mol. The molecule has 1 heterocycles. The maximum Gasteiger partial charge on any atom is 0.256 e. The van der Waals surface area contributed by atoms with E-state index in [0.717, 1.165) is 16.0 Å². The van der Waals surface area contributed by atoms with Crippen molar-refractivity contribution in [2.24, 2.45) is 0 Å². The predicted molar refractivity (Wildman–Crippen MR) is 80.8 cm³/mol. The molecule has 0 aliphatic carbocycles. The Balaban J connectivity index is 2.41. The molecule has 0 radical (unpaired) electrons. The number of hydrogen-bond acceptors (Lipinski definition) is 2. The smallest absolute Gasteiger partial charge is 0.256 e. The van der Waals surface area contributed by atoms with Crippen LogP contribution in [-0.2, 0) is 4.79 Å². The van der Waals surface area contributed by atoms with Gasteiger partial charge in [-0.1, -0.05) is 22.0 Å². The molecule has 1 atom stereocenters. The number of ether oxygens (including phenoxy) is 1. The van der Waals surface area contributed by atoms with Gasteiger partial charge in [-0.15, -0.1) is 0 Å². The number of hydrogen-bond donors (Lipinski definition) is 0. The fourth-order valence-corrected chi connectivity index (χ4v) is 2.78. The van der Waals surface area contributed by atoms with Crippen LogP contribution >= 0.6 is 15.9 Å². The number of carbonyl (C=O) groups excluding carboxylic acids is 1. The van der Waals surface area contributed by atoms with Crippen molar-refractivity contribution in [2.75, 3.05) is 13.7 Å². The predicted octanol–water partition coefficient (Wildman–Crippen LogP) is 3.61. The van der Waals surface area contributed by atoms with Crippen LogP contribution in [0.1, 0.15) is 17.5 Å². The number of nitrogens with zero attached hydrogens (tertiary/aromatic N) is 1. The van der Waals surface area contributed by atoms with Crippen LogP contribution < -0.4 is 4.74 Å². The summed E-state index contributed by atoms with van der Waals surface area (Å²) >= 11 is 3.22. The highest BCUT2D eigenvalue weighted by Gasteiger charge is 2.31. The van der Waals surface area contributed by atoms with Gasteiger partial charge in [-0.25, -0.2) is 8.78 Å². The van der Waals surface area contributed by atoms with Crippen LogP contribution in [0, 0.1) is 6.92 Å². The van der Waals surface area contributed by atoms with Crippen molar-refractivity contribution in [3.8, 4) is 5.75 Å². The zero-order valence-corrected chi connectivity index (χ0v) is 13.4. The Bertz CT molecular complexity index is 575. The van der Waals surface area contributed by atoms with Crippen molar-refractivity contribution in [1.29, 1.82) is 0 Å².